The molecule has 0 radical (unpaired) electrons. The van der Waals surface area contributed by atoms with Crippen molar-refractivity contribution in [2.45, 2.75) is 83.1 Å². The van der Waals surface area contributed by atoms with Crippen molar-refractivity contribution >= 4 is 11.9 Å². The van der Waals surface area contributed by atoms with E-state index in [4.69, 9.17) is 14.2 Å². The number of hydrogen-bond donors (Lipinski definition) is 3. The Hall–Kier alpha value is -1.22. The summed E-state index contributed by atoms with van der Waals surface area (Å²) < 4.78 is 15.1. The minimum atomic E-state index is -1.64. The third-order valence-corrected chi connectivity index (χ3v) is 3.81. The molecule has 1 unspecified atom stereocenters. The summed E-state index contributed by atoms with van der Waals surface area (Å²) in [6, 6.07) is 0. The third-order valence-electron chi connectivity index (χ3n) is 3.81. The maximum absolute atomic E-state index is 11.7. The van der Waals surface area contributed by atoms with Crippen LogP contribution in [0.3, 0.4) is 0 Å². The lowest BCUT2D eigenvalue weighted by Gasteiger charge is -2.39. The van der Waals surface area contributed by atoms with Crippen LogP contribution in [-0.4, -0.2) is 64.6 Å². The highest BCUT2D eigenvalue weighted by Crippen LogP contribution is 2.23. The van der Waals surface area contributed by atoms with Crippen LogP contribution in [0.1, 0.15) is 52.4 Å². The standard InChI is InChI=1S/C16H28O8/c1-3-5-7-11(17)22-9-10-13(19)15(14(20)16(21)23-10)24-12(18)8-6-4-2/h10,13-16,19-21H,3-9H2,1-2H3/t10-,13-,14-,15+,16?/m1/s1. The number of carbonyl (C=O) groups is 2. The number of esters is 2. The van der Waals surface area contributed by atoms with Gasteiger partial charge >= 0.3 is 11.9 Å². The first kappa shape index (κ1) is 20.8. The van der Waals surface area contributed by atoms with Crippen LogP contribution in [0.5, 0.6) is 0 Å². The molecule has 8 heteroatoms. The van der Waals surface area contributed by atoms with Crippen molar-refractivity contribution in [1.29, 1.82) is 0 Å². The Labute approximate surface area is 141 Å². The van der Waals surface area contributed by atoms with Crippen molar-refractivity contribution in [1.82, 2.24) is 0 Å². The van der Waals surface area contributed by atoms with Crippen LogP contribution in [0.25, 0.3) is 0 Å². The van der Waals surface area contributed by atoms with Crippen LogP contribution in [0, 0.1) is 0 Å². The fourth-order valence-corrected chi connectivity index (χ4v) is 2.29. The van der Waals surface area contributed by atoms with Gasteiger partial charge in [-0.2, -0.15) is 0 Å². The lowest BCUT2D eigenvalue weighted by Crippen LogP contribution is -2.60. The molecule has 5 atom stereocenters. The van der Waals surface area contributed by atoms with E-state index in [1.165, 1.54) is 0 Å². The molecular weight excluding hydrogens is 320 g/mol. The first-order valence-corrected chi connectivity index (χ1v) is 8.45. The van der Waals surface area contributed by atoms with Crippen LogP contribution >= 0.6 is 0 Å². The number of ether oxygens (including phenoxy) is 3. The van der Waals surface area contributed by atoms with Crippen LogP contribution in [0.2, 0.25) is 0 Å². The van der Waals surface area contributed by atoms with Crippen LogP contribution in [-0.2, 0) is 23.8 Å². The molecule has 1 saturated heterocycles. The van der Waals surface area contributed by atoms with Gasteiger partial charge in [0.05, 0.1) is 0 Å². The summed E-state index contributed by atoms with van der Waals surface area (Å²) in [7, 11) is 0. The van der Waals surface area contributed by atoms with Gasteiger partial charge in [0.25, 0.3) is 0 Å². The minimum Gasteiger partial charge on any atom is -0.463 e. The van der Waals surface area contributed by atoms with E-state index in [-0.39, 0.29) is 19.4 Å². The summed E-state index contributed by atoms with van der Waals surface area (Å²) in [5.41, 5.74) is 0. The molecule has 0 aromatic carbocycles. The van der Waals surface area contributed by atoms with Gasteiger partial charge in [-0.3, -0.25) is 9.59 Å². The maximum Gasteiger partial charge on any atom is 0.306 e. The Kier molecular flexibility index (Phi) is 9.20. The molecule has 0 aliphatic carbocycles. The predicted octanol–water partition coefficient (Wildman–Crippen LogP) is 0.261. The van der Waals surface area contributed by atoms with E-state index in [1.54, 1.807) is 0 Å². The number of aliphatic hydroxyl groups excluding tert-OH is 3. The highest BCUT2D eigenvalue weighted by Gasteiger charge is 2.46. The van der Waals surface area contributed by atoms with Crippen molar-refractivity contribution < 1.29 is 39.1 Å². The first-order valence-electron chi connectivity index (χ1n) is 8.45. The van der Waals surface area contributed by atoms with Crippen molar-refractivity contribution in [2.24, 2.45) is 0 Å². The van der Waals surface area contributed by atoms with E-state index in [1.807, 2.05) is 13.8 Å². The molecule has 0 spiro atoms. The Morgan fingerprint density at radius 1 is 0.958 bits per heavy atom. The SMILES string of the molecule is CCCCC(=O)OC[C@H]1OC(O)[C@H](O)[C@@H](OC(=O)CCCC)[C@@H]1O. The maximum atomic E-state index is 11.7. The van der Waals surface area contributed by atoms with Gasteiger partial charge in [-0.15, -0.1) is 0 Å². The van der Waals surface area contributed by atoms with Gasteiger partial charge in [0.2, 0.25) is 0 Å². The summed E-state index contributed by atoms with van der Waals surface area (Å²) in [4.78, 5) is 23.2. The molecule has 0 aromatic heterocycles. The molecule has 140 valence electrons. The Morgan fingerprint density at radius 2 is 1.54 bits per heavy atom. The van der Waals surface area contributed by atoms with Crippen molar-refractivity contribution in [3.05, 3.63) is 0 Å². The lowest BCUT2D eigenvalue weighted by atomic mass is 9.99. The second-order valence-electron chi connectivity index (χ2n) is 5.89. The summed E-state index contributed by atoms with van der Waals surface area (Å²) in [5.74, 6) is -1.02. The van der Waals surface area contributed by atoms with E-state index in [0.29, 0.717) is 12.8 Å². The smallest absolute Gasteiger partial charge is 0.306 e. The molecule has 24 heavy (non-hydrogen) atoms. The minimum absolute atomic E-state index is 0.153. The van der Waals surface area contributed by atoms with Gasteiger partial charge in [0.15, 0.2) is 12.4 Å². The molecule has 1 aliphatic rings. The molecule has 1 rings (SSSR count). The highest BCUT2D eigenvalue weighted by molar-refractivity contribution is 5.70. The predicted molar refractivity (Wildman–Crippen MR) is 82.8 cm³/mol. The Balaban J connectivity index is 2.58. The van der Waals surface area contributed by atoms with Gasteiger partial charge in [-0.05, 0) is 12.8 Å². The van der Waals surface area contributed by atoms with Crippen molar-refractivity contribution in [3.8, 4) is 0 Å². The number of rotatable bonds is 9. The number of aliphatic hydroxyl groups is 3. The summed E-state index contributed by atoms with van der Waals surface area (Å²) >= 11 is 0. The first-order chi connectivity index (χ1) is 11.4. The number of unbranched alkanes of at least 4 members (excludes halogenated alkanes) is 2. The van der Waals surface area contributed by atoms with E-state index < -0.39 is 42.6 Å². The fourth-order valence-electron chi connectivity index (χ4n) is 2.29. The van der Waals surface area contributed by atoms with Gasteiger partial charge in [0.1, 0.15) is 24.9 Å². The largest absolute Gasteiger partial charge is 0.463 e. The van der Waals surface area contributed by atoms with Crippen LogP contribution in [0.15, 0.2) is 0 Å². The van der Waals surface area contributed by atoms with E-state index in [0.717, 1.165) is 12.8 Å². The van der Waals surface area contributed by atoms with Crippen molar-refractivity contribution in [3.63, 3.8) is 0 Å². The third kappa shape index (κ3) is 6.35. The molecule has 0 amide bonds. The normalized spacial score (nSPS) is 30.0. The molecule has 8 nitrogen and oxygen atoms in total. The average molecular weight is 348 g/mol. The molecule has 0 saturated carbocycles. The Morgan fingerprint density at radius 3 is 2.12 bits per heavy atom. The molecule has 0 bridgehead atoms. The molecule has 0 aromatic rings. The summed E-state index contributed by atoms with van der Waals surface area (Å²) in [6.07, 6.45) is -3.69. The Bertz CT molecular complexity index is 400. The average Bonchev–Trinajstić information content (AvgIpc) is 2.56. The van der Waals surface area contributed by atoms with Crippen LogP contribution < -0.4 is 0 Å². The second-order valence-corrected chi connectivity index (χ2v) is 5.89. The zero-order chi connectivity index (χ0) is 18.1. The van der Waals surface area contributed by atoms with E-state index >= 15 is 0 Å². The van der Waals surface area contributed by atoms with Gasteiger partial charge in [0, 0.05) is 12.8 Å². The highest BCUT2D eigenvalue weighted by atomic mass is 16.7. The molecule has 1 heterocycles. The monoisotopic (exact) mass is 348 g/mol. The molecule has 1 fully saturated rings. The molecule has 3 N–H and O–H groups in total. The van der Waals surface area contributed by atoms with Gasteiger partial charge < -0.3 is 29.5 Å². The van der Waals surface area contributed by atoms with E-state index in [2.05, 4.69) is 0 Å². The summed E-state index contributed by atoms with van der Waals surface area (Å²) in [6.45, 7) is 3.56. The van der Waals surface area contributed by atoms with E-state index in [9.17, 15) is 24.9 Å². The quantitative estimate of drug-likeness (QED) is 0.507. The molecular formula is C16H28O8. The number of carbonyl (C=O) groups excluding carboxylic acids is 2. The van der Waals surface area contributed by atoms with Gasteiger partial charge in [-0.25, -0.2) is 0 Å². The lowest BCUT2D eigenvalue weighted by molar-refractivity contribution is -0.290. The fraction of sp³-hybridized carbons (Fsp3) is 0.875. The topological polar surface area (TPSA) is 123 Å². The van der Waals surface area contributed by atoms with Gasteiger partial charge in [-0.1, -0.05) is 26.7 Å². The number of hydrogen-bond acceptors (Lipinski definition) is 8. The van der Waals surface area contributed by atoms with Crippen molar-refractivity contribution in [2.75, 3.05) is 6.61 Å². The summed E-state index contributed by atoms with van der Waals surface area (Å²) in [5, 5.41) is 29.8. The van der Waals surface area contributed by atoms with Crippen LogP contribution in [0.4, 0.5) is 0 Å². The second kappa shape index (κ2) is 10.6. The zero-order valence-corrected chi connectivity index (χ0v) is 14.2. The molecule has 1 aliphatic heterocycles. The zero-order valence-electron chi connectivity index (χ0n) is 14.2.